The fraction of sp³-hybridized carbons (Fsp3) is 0.175. The van der Waals surface area contributed by atoms with E-state index in [9.17, 15) is 0 Å². The maximum Gasteiger partial charge on any atom is 0.164 e. The van der Waals surface area contributed by atoms with Crippen molar-refractivity contribution >= 4 is 37.5 Å². The minimum atomic E-state index is 0.295. The predicted molar refractivity (Wildman–Crippen MR) is 254 cm³/mol. The largest absolute Gasteiger partial charge is 0.208 e. The summed E-state index contributed by atoms with van der Waals surface area (Å²) in [5.41, 5.74) is 11.5. The predicted octanol–water partition coefficient (Wildman–Crippen LogP) is 15.1. The second kappa shape index (κ2) is 14.5. The summed E-state index contributed by atoms with van der Waals surface area (Å²) >= 11 is 3.67. The summed E-state index contributed by atoms with van der Waals surface area (Å²) < 4.78 is 1.17. The molecule has 0 spiro atoms. The minimum Gasteiger partial charge on any atom is -0.208 e. The molecule has 0 saturated heterocycles. The van der Waals surface area contributed by atoms with E-state index in [2.05, 4.69) is 198 Å². The van der Waals surface area contributed by atoms with Gasteiger partial charge in [-0.25, -0.2) is 15.0 Å². The molecule has 0 N–H and O–H groups in total. The number of hydrogen-bond donors (Lipinski definition) is 0. The summed E-state index contributed by atoms with van der Waals surface area (Å²) in [6, 6.07) is 66.3. The second-order valence-electron chi connectivity index (χ2n) is 18.2. The monoisotopic (exact) mass is 849 g/mol. The zero-order valence-corrected chi connectivity index (χ0v) is 35.5. The normalized spacial score (nSPS) is 21.6. The lowest BCUT2D eigenvalue weighted by Crippen LogP contribution is -2.55. The Balaban J connectivity index is 0.816. The van der Waals surface area contributed by atoms with Crippen LogP contribution in [0, 0.1) is 11.8 Å². The SMILES string of the molecule is Brc1ccc(C23CC4CC(C2)CC(c2ccc(-c5ccc(-c6ccc(-c7nc(-c8ccc9ccccc9c8)nc(-c8ccc9ccccc9c8)n7)cc6)cc5)cc2)(C4)C3)cc1. The Hall–Kier alpha value is -6.23. The lowest BCUT2D eigenvalue weighted by Gasteiger charge is -2.63. The molecule has 1 heterocycles. The van der Waals surface area contributed by atoms with Gasteiger partial charge >= 0.3 is 0 Å². The molecule has 0 aliphatic heterocycles. The summed E-state index contributed by atoms with van der Waals surface area (Å²) in [7, 11) is 0. The van der Waals surface area contributed by atoms with Gasteiger partial charge in [0, 0.05) is 21.2 Å². The maximum absolute atomic E-state index is 5.07. The van der Waals surface area contributed by atoms with E-state index in [1.165, 1.54) is 70.5 Å². The molecule has 8 aromatic carbocycles. The first kappa shape index (κ1) is 36.6. The van der Waals surface area contributed by atoms with Gasteiger partial charge in [-0.05, 0) is 140 Å². The zero-order chi connectivity index (χ0) is 40.5. The average molecular weight is 851 g/mol. The van der Waals surface area contributed by atoms with Gasteiger partial charge in [-0.2, -0.15) is 0 Å². The van der Waals surface area contributed by atoms with E-state index < -0.39 is 0 Å². The van der Waals surface area contributed by atoms with E-state index in [4.69, 9.17) is 15.0 Å². The molecule has 4 heteroatoms. The molecule has 4 saturated carbocycles. The van der Waals surface area contributed by atoms with Crippen LogP contribution in [0.4, 0.5) is 0 Å². The van der Waals surface area contributed by atoms with E-state index in [0.717, 1.165) is 44.9 Å². The summed E-state index contributed by atoms with van der Waals surface area (Å²) in [5.74, 6) is 3.65. The molecule has 9 aromatic rings. The quantitative estimate of drug-likeness (QED) is 0.160. The van der Waals surface area contributed by atoms with Crippen molar-refractivity contribution in [2.24, 2.45) is 11.8 Å². The number of rotatable bonds is 7. The van der Waals surface area contributed by atoms with Gasteiger partial charge in [0.2, 0.25) is 0 Å². The van der Waals surface area contributed by atoms with Crippen LogP contribution < -0.4 is 0 Å². The average Bonchev–Trinajstić information content (AvgIpc) is 3.31. The third-order valence-electron chi connectivity index (χ3n) is 14.4. The topological polar surface area (TPSA) is 38.7 Å². The van der Waals surface area contributed by atoms with E-state index >= 15 is 0 Å². The van der Waals surface area contributed by atoms with E-state index in [-0.39, 0.29) is 0 Å². The highest BCUT2D eigenvalue weighted by molar-refractivity contribution is 9.10. The molecule has 4 bridgehead atoms. The molecule has 1 aromatic heterocycles. The van der Waals surface area contributed by atoms with Crippen LogP contribution in [0.5, 0.6) is 0 Å². The van der Waals surface area contributed by atoms with Crippen LogP contribution in [0.25, 0.3) is 78.0 Å². The number of nitrogens with zero attached hydrogens (tertiary/aromatic N) is 3. The van der Waals surface area contributed by atoms with Gasteiger partial charge in [0.25, 0.3) is 0 Å². The van der Waals surface area contributed by atoms with Crippen molar-refractivity contribution in [2.75, 3.05) is 0 Å². The Morgan fingerprint density at radius 1 is 0.361 bits per heavy atom. The van der Waals surface area contributed by atoms with Crippen LogP contribution in [0.1, 0.15) is 49.7 Å². The number of halogens is 1. The lowest BCUT2D eigenvalue weighted by molar-refractivity contribution is -0.0281. The third-order valence-corrected chi connectivity index (χ3v) is 14.9. The van der Waals surface area contributed by atoms with Crippen molar-refractivity contribution < 1.29 is 0 Å². The Kier molecular flexibility index (Phi) is 8.68. The van der Waals surface area contributed by atoms with Crippen LogP contribution >= 0.6 is 15.9 Å². The molecule has 3 nitrogen and oxygen atoms in total. The first-order chi connectivity index (χ1) is 29.9. The molecule has 294 valence electrons. The van der Waals surface area contributed by atoms with Crippen LogP contribution in [-0.4, -0.2) is 15.0 Å². The van der Waals surface area contributed by atoms with Crippen LogP contribution in [-0.2, 0) is 10.8 Å². The van der Waals surface area contributed by atoms with Crippen LogP contribution in [0.2, 0.25) is 0 Å². The molecule has 4 fully saturated rings. The summed E-state index contributed by atoms with van der Waals surface area (Å²) in [6.07, 6.45) is 8.12. The van der Waals surface area contributed by atoms with Gasteiger partial charge < -0.3 is 0 Å². The standard InChI is InChI=1S/C57H44BrN3/c58-52-27-25-51(26-28-52)57-34-37-29-38(35-57)33-56(32-37,36-57)50-23-21-44(22-24-50)42-11-9-41(10-12-42)43-13-17-45(18-14-43)53-59-54(48-19-15-39-5-1-3-7-46(39)30-48)61-55(60-53)49-20-16-40-6-2-4-8-47(40)31-49/h1-28,30-31,37-38H,29,32-36H2. The highest BCUT2D eigenvalue weighted by Gasteiger charge is 2.58. The Morgan fingerprint density at radius 2 is 0.705 bits per heavy atom. The first-order valence-electron chi connectivity index (χ1n) is 21.8. The Morgan fingerprint density at radius 3 is 1.15 bits per heavy atom. The molecule has 2 atom stereocenters. The van der Waals surface area contributed by atoms with Gasteiger partial charge in [0.1, 0.15) is 0 Å². The lowest BCUT2D eigenvalue weighted by atomic mass is 9.42. The summed E-state index contributed by atoms with van der Waals surface area (Å²) in [5, 5.41) is 4.70. The molecule has 61 heavy (non-hydrogen) atoms. The fourth-order valence-corrected chi connectivity index (χ4v) is 12.1. The molecule has 0 radical (unpaired) electrons. The molecule has 4 aliphatic carbocycles. The number of fused-ring (bicyclic) bond motifs is 2. The second-order valence-corrected chi connectivity index (χ2v) is 19.1. The van der Waals surface area contributed by atoms with Gasteiger partial charge in [-0.15, -0.1) is 0 Å². The third kappa shape index (κ3) is 6.60. The van der Waals surface area contributed by atoms with Crippen molar-refractivity contribution in [3.05, 3.63) is 198 Å². The maximum atomic E-state index is 5.07. The number of aromatic nitrogens is 3. The van der Waals surface area contributed by atoms with E-state index in [1.54, 1.807) is 11.1 Å². The molecule has 0 amide bonds. The van der Waals surface area contributed by atoms with Crippen molar-refractivity contribution in [3.8, 4) is 56.4 Å². The number of hydrogen-bond acceptors (Lipinski definition) is 3. The molecular formula is C57H44BrN3. The van der Waals surface area contributed by atoms with Gasteiger partial charge in [-0.3, -0.25) is 0 Å². The molecular weight excluding hydrogens is 807 g/mol. The molecule has 13 rings (SSSR count). The van der Waals surface area contributed by atoms with Crippen LogP contribution in [0.3, 0.4) is 0 Å². The highest BCUT2D eigenvalue weighted by Crippen LogP contribution is 2.66. The first-order valence-corrected chi connectivity index (χ1v) is 22.6. The van der Waals surface area contributed by atoms with Gasteiger partial charge in [0.15, 0.2) is 17.5 Å². The van der Waals surface area contributed by atoms with Crippen molar-refractivity contribution in [2.45, 2.75) is 49.4 Å². The fourth-order valence-electron chi connectivity index (χ4n) is 11.8. The van der Waals surface area contributed by atoms with Crippen molar-refractivity contribution in [1.82, 2.24) is 15.0 Å². The number of benzene rings is 8. The van der Waals surface area contributed by atoms with Crippen LogP contribution in [0.15, 0.2) is 186 Å². The Bertz CT molecular complexity index is 2990. The van der Waals surface area contributed by atoms with E-state index in [0.29, 0.717) is 28.3 Å². The summed E-state index contributed by atoms with van der Waals surface area (Å²) in [4.78, 5) is 15.2. The van der Waals surface area contributed by atoms with E-state index in [1.807, 2.05) is 0 Å². The van der Waals surface area contributed by atoms with Crippen molar-refractivity contribution in [3.63, 3.8) is 0 Å². The summed E-state index contributed by atoms with van der Waals surface area (Å²) in [6.45, 7) is 0. The van der Waals surface area contributed by atoms with Crippen molar-refractivity contribution in [1.29, 1.82) is 0 Å². The van der Waals surface area contributed by atoms with Gasteiger partial charge in [0.05, 0.1) is 0 Å². The van der Waals surface area contributed by atoms with Gasteiger partial charge in [-0.1, -0.05) is 174 Å². The minimum absolute atomic E-state index is 0.295. The Labute approximate surface area is 365 Å². The zero-order valence-electron chi connectivity index (χ0n) is 33.9. The highest BCUT2D eigenvalue weighted by atomic mass is 79.9. The molecule has 4 aliphatic rings. The molecule has 2 unspecified atom stereocenters. The smallest absolute Gasteiger partial charge is 0.164 e.